The van der Waals surface area contributed by atoms with Crippen LogP contribution in [0.25, 0.3) is 0 Å². The monoisotopic (exact) mass is 568 g/mol. The summed E-state index contributed by atoms with van der Waals surface area (Å²) in [6.07, 6.45) is 0. The number of rotatable bonds is 18. The van der Waals surface area contributed by atoms with Crippen molar-refractivity contribution in [3.05, 3.63) is 144 Å². The van der Waals surface area contributed by atoms with Gasteiger partial charge >= 0.3 is 5.97 Å². The fourth-order valence-corrected chi connectivity index (χ4v) is 4.53. The standard InChI is InChI=1S/C35H36O7/c36-33(29-13-5-1-6-14-29)34(37)41-27-25-39-23-21-38-22-24-40-26-28-42-35(30-15-7-2-8-16-30,31-17-9-3-10-18-31)32-19-11-4-12-20-32/h1-20H,21-28H2. The van der Waals surface area contributed by atoms with Gasteiger partial charge in [-0.3, -0.25) is 4.79 Å². The molecule has 0 bridgehead atoms. The molecule has 0 aromatic heterocycles. The van der Waals surface area contributed by atoms with Crippen LogP contribution in [0.15, 0.2) is 121 Å². The van der Waals surface area contributed by atoms with Gasteiger partial charge in [-0.1, -0.05) is 121 Å². The van der Waals surface area contributed by atoms with Gasteiger partial charge < -0.3 is 23.7 Å². The zero-order valence-electron chi connectivity index (χ0n) is 23.6. The molecule has 4 rings (SSSR count). The van der Waals surface area contributed by atoms with Crippen LogP contribution in [0.5, 0.6) is 0 Å². The summed E-state index contributed by atoms with van der Waals surface area (Å²) in [5.74, 6) is -1.56. The van der Waals surface area contributed by atoms with Crippen molar-refractivity contribution in [2.45, 2.75) is 5.60 Å². The highest BCUT2D eigenvalue weighted by molar-refractivity contribution is 6.40. The van der Waals surface area contributed by atoms with Crippen molar-refractivity contribution in [3.8, 4) is 0 Å². The van der Waals surface area contributed by atoms with Gasteiger partial charge in [0.1, 0.15) is 12.2 Å². The molecule has 0 atom stereocenters. The van der Waals surface area contributed by atoms with Gasteiger partial charge in [-0.2, -0.15) is 0 Å². The van der Waals surface area contributed by atoms with Crippen molar-refractivity contribution < 1.29 is 33.3 Å². The zero-order chi connectivity index (χ0) is 29.3. The van der Waals surface area contributed by atoms with Crippen LogP contribution < -0.4 is 0 Å². The van der Waals surface area contributed by atoms with Crippen molar-refractivity contribution in [1.82, 2.24) is 0 Å². The van der Waals surface area contributed by atoms with Gasteiger partial charge in [0, 0.05) is 5.56 Å². The van der Waals surface area contributed by atoms with Crippen LogP contribution in [-0.4, -0.2) is 64.6 Å². The number of hydrogen-bond acceptors (Lipinski definition) is 7. The highest BCUT2D eigenvalue weighted by Crippen LogP contribution is 2.40. The van der Waals surface area contributed by atoms with Gasteiger partial charge in [0.2, 0.25) is 0 Å². The van der Waals surface area contributed by atoms with E-state index in [1.54, 1.807) is 30.3 Å². The molecular formula is C35H36O7. The van der Waals surface area contributed by atoms with Crippen LogP contribution in [0.4, 0.5) is 0 Å². The van der Waals surface area contributed by atoms with Crippen LogP contribution in [0.1, 0.15) is 27.0 Å². The first kappa shape index (κ1) is 30.8. The number of Topliss-reactive ketones (excluding diaryl/α,β-unsaturated/α-hetero) is 1. The second kappa shape index (κ2) is 17.0. The number of ether oxygens (including phenoxy) is 5. The van der Waals surface area contributed by atoms with Gasteiger partial charge in [0.05, 0.1) is 46.2 Å². The van der Waals surface area contributed by atoms with Crippen LogP contribution >= 0.6 is 0 Å². The molecule has 0 N–H and O–H groups in total. The van der Waals surface area contributed by atoms with E-state index in [1.807, 2.05) is 54.6 Å². The molecule has 0 aliphatic rings. The summed E-state index contributed by atoms with van der Waals surface area (Å²) in [4.78, 5) is 23.8. The number of carbonyl (C=O) groups excluding carboxylic acids is 2. The first-order valence-corrected chi connectivity index (χ1v) is 14.0. The van der Waals surface area contributed by atoms with Crippen molar-refractivity contribution in [2.24, 2.45) is 0 Å². The second-order valence-corrected chi connectivity index (χ2v) is 9.30. The van der Waals surface area contributed by atoms with Gasteiger partial charge in [0.15, 0.2) is 0 Å². The number of esters is 1. The maximum Gasteiger partial charge on any atom is 0.379 e. The molecule has 0 spiro atoms. The Balaban J connectivity index is 1.14. The average Bonchev–Trinajstić information content (AvgIpc) is 3.06. The molecular weight excluding hydrogens is 532 g/mol. The molecule has 0 unspecified atom stereocenters. The van der Waals surface area contributed by atoms with Crippen molar-refractivity contribution >= 4 is 11.8 Å². The predicted molar refractivity (Wildman–Crippen MR) is 159 cm³/mol. The molecule has 7 heteroatoms. The van der Waals surface area contributed by atoms with Crippen molar-refractivity contribution in [2.75, 3.05) is 52.9 Å². The molecule has 42 heavy (non-hydrogen) atoms. The zero-order valence-corrected chi connectivity index (χ0v) is 23.6. The third-order valence-electron chi connectivity index (χ3n) is 6.51. The Labute approximate surface area is 247 Å². The lowest BCUT2D eigenvalue weighted by Gasteiger charge is -2.36. The molecule has 4 aromatic carbocycles. The number of benzene rings is 4. The third-order valence-corrected chi connectivity index (χ3v) is 6.51. The smallest absolute Gasteiger partial charge is 0.379 e. The first-order valence-electron chi connectivity index (χ1n) is 14.0. The Kier molecular flexibility index (Phi) is 12.4. The Hall–Kier alpha value is -4.14. The fourth-order valence-electron chi connectivity index (χ4n) is 4.53. The summed E-state index contributed by atoms with van der Waals surface area (Å²) in [6.45, 7) is 2.49. The maximum atomic E-state index is 12.0. The maximum absolute atomic E-state index is 12.0. The average molecular weight is 569 g/mol. The summed E-state index contributed by atoms with van der Waals surface area (Å²) in [5, 5.41) is 0. The lowest BCUT2D eigenvalue weighted by Crippen LogP contribution is -2.34. The van der Waals surface area contributed by atoms with Crippen LogP contribution in [0.2, 0.25) is 0 Å². The minimum absolute atomic E-state index is 0.00302. The van der Waals surface area contributed by atoms with Crippen LogP contribution in [0.3, 0.4) is 0 Å². The van der Waals surface area contributed by atoms with E-state index >= 15 is 0 Å². The third kappa shape index (κ3) is 8.68. The Morgan fingerprint density at radius 3 is 1.24 bits per heavy atom. The van der Waals surface area contributed by atoms with Gasteiger partial charge in [-0.25, -0.2) is 4.79 Å². The first-order chi connectivity index (χ1) is 20.7. The van der Waals surface area contributed by atoms with E-state index in [9.17, 15) is 9.59 Å². The molecule has 0 fully saturated rings. The van der Waals surface area contributed by atoms with Crippen LogP contribution in [-0.2, 0) is 34.1 Å². The summed E-state index contributed by atoms with van der Waals surface area (Å²) in [5.41, 5.74) is 2.66. The number of carbonyl (C=O) groups is 2. The SMILES string of the molecule is O=C(OCCOCCOCCOCCOC(c1ccccc1)(c1ccccc1)c1ccccc1)C(=O)c1ccccc1. The summed E-state index contributed by atoms with van der Waals surface area (Å²) < 4.78 is 28.4. The lowest BCUT2D eigenvalue weighted by molar-refractivity contribution is -0.139. The molecule has 0 amide bonds. The minimum Gasteiger partial charge on any atom is -0.457 e. The Morgan fingerprint density at radius 1 is 0.452 bits per heavy atom. The van der Waals surface area contributed by atoms with E-state index in [2.05, 4.69) is 36.4 Å². The molecule has 0 saturated heterocycles. The highest BCUT2D eigenvalue weighted by Gasteiger charge is 2.37. The lowest BCUT2D eigenvalue weighted by atomic mass is 9.80. The largest absolute Gasteiger partial charge is 0.457 e. The predicted octanol–water partition coefficient (Wildman–Crippen LogP) is 5.47. The summed E-state index contributed by atoms with van der Waals surface area (Å²) in [7, 11) is 0. The van der Waals surface area contributed by atoms with E-state index in [-0.39, 0.29) is 13.2 Å². The van der Waals surface area contributed by atoms with E-state index in [0.29, 0.717) is 45.2 Å². The summed E-state index contributed by atoms with van der Waals surface area (Å²) >= 11 is 0. The molecule has 218 valence electrons. The van der Waals surface area contributed by atoms with E-state index < -0.39 is 17.4 Å². The van der Waals surface area contributed by atoms with E-state index in [1.165, 1.54) is 0 Å². The number of ketones is 1. The van der Waals surface area contributed by atoms with Gasteiger partial charge in [-0.15, -0.1) is 0 Å². The number of hydrogen-bond donors (Lipinski definition) is 0. The second-order valence-electron chi connectivity index (χ2n) is 9.30. The van der Waals surface area contributed by atoms with E-state index in [4.69, 9.17) is 23.7 Å². The normalized spacial score (nSPS) is 11.2. The van der Waals surface area contributed by atoms with Crippen molar-refractivity contribution in [1.29, 1.82) is 0 Å². The topological polar surface area (TPSA) is 80.3 Å². The van der Waals surface area contributed by atoms with Gasteiger partial charge in [0.25, 0.3) is 5.78 Å². The van der Waals surface area contributed by atoms with E-state index in [0.717, 1.165) is 16.7 Å². The Morgan fingerprint density at radius 2 is 0.810 bits per heavy atom. The summed E-state index contributed by atoms with van der Waals surface area (Å²) in [6, 6.07) is 39.0. The quantitative estimate of drug-likeness (QED) is 0.0518. The fraction of sp³-hybridized carbons (Fsp3) is 0.257. The molecule has 4 aromatic rings. The van der Waals surface area contributed by atoms with Gasteiger partial charge in [-0.05, 0) is 16.7 Å². The molecule has 0 radical (unpaired) electrons. The molecule has 0 aliphatic carbocycles. The molecule has 7 nitrogen and oxygen atoms in total. The Bertz CT molecular complexity index is 1230. The van der Waals surface area contributed by atoms with Crippen molar-refractivity contribution in [3.63, 3.8) is 0 Å². The molecule has 0 saturated carbocycles. The molecule has 0 aliphatic heterocycles. The van der Waals surface area contributed by atoms with Crippen LogP contribution in [0, 0.1) is 0 Å². The minimum atomic E-state index is -0.893. The highest BCUT2D eigenvalue weighted by atomic mass is 16.6. The molecule has 0 heterocycles.